The first-order chi connectivity index (χ1) is 9.11. The number of nitrogens with zero attached hydrogens (tertiary/aromatic N) is 1. The van der Waals surface area contributed by atoms with Gasteiger partial charge in [-0.25, -0.2) is 0 Å². The smallest absolute Gasteiger partial charge is 0.325 e. The van der Waals surface area contributed by atoms with Gasteiger partial charge >= 0.3 is 5.97 Å². The molecule has 2 aromatic rings. The topological polar surface area (TPSA) is 62.2 Å². The van der Waals surface area contributed by atoms with Crippen LogP contribution in [0.2, 0.25) is 0 Å². The summed E-state index contributed by atoms with van der Waals surface area (Å²) in [6.07, 6.45) is 3.79. The highest BCUT2D eigenvalue weighted by atomic mass is 16.4. The molecule has 1 atom stereocenters. The zero-order chi connectivity index (χ0) is 13.8. The number of anilines is 1. The van der Waals surface area contributed by atoms with Crippen molar-refractivity contribution in [3.8, 4) is 0 Å². The zero-order valence-corrected chi connectivity index (χ0v) is 11.2. The van der Waals surface area contributed by atoms with Crippen molar-refractivity contribution >= 4 is 22.6 Å². The van der Waals surface area contributed by atoms with Gasteiger partial charge in [0.25, 0.3) is 0 Å². The van der Waals surface area contributed by atoms with Crippen molar-refractivity contribution in [2.45, 2.75) is 32.7 Å². The third-order valence-corrected chi connectivity index (χ3v) is 3.09. The summed E-state index contributed by atoms with van der Waals surface area (Å²) in [5.41, 5.74) is 2.94. The van der Waals surface area contributed by atoms with Crippen LogP contribution in [-0.2, 0) is 11.2 Å². The number of aryl methyl sites for hydroxylation is 1. The number of pyridine rings is 1. The van der Waals surface area contributed by atoms with Crippen LogP contribution in [0.3, 0.4) is 0 Å². The van der Waals surface area contributed by atoms with Crippen LogP contribution >= 0.6 is 0 Å². The fraction of sp³-hybridized carbons (Fsp3) is 0.333. The quantitative estimate of drug-likeness (QED) is 0.865. The lowest BCUT2D eigenvalue weighted by Crippen LogP contribution is -2.25. The van der Waals surface area contributed by atoms with Crippen LogP contribution in [0.25, 0.3) is 10.9 Å². The number of carbonyl (C=O) groups is 1. The summed E-state index contributed by atoms with van der Waals surface area (Å²) < 4.78 is 0. The second kappa shape index (κ2) is 5.69. The van der Waals surface area contributed by atoms with Crippen LogP contribution in [0.4, 0.5) is 5.69 Å². The van der Waals surface area contributed by atoms with E-state index in [1.165, 1.54) is 5.56 Å². The Hall–Kier alpha value is -2.10. The van der Waals surface area contributed by atoms with E-state index in [4.69, 9.17) is 5.11 Å². The Labute approximate surface area is 112 Å². The van der Waals surface area contributed by atoms with Crippen molar-refractivity contribution in [2.75, 3.05) is 5.32 Å². The number of rotatable bonds is 5. The van der Waals surface area contributed by atoms with Crippen LogP contribution in [-0.4, -0.2) is 22.1 Å². The summed E-state index contributed by atoms with van der Waals surface area (Å²) in [5.74, 6) is -0.866. The van der Waals surface area contributed by atoms with E-state index in [-0.39, 0.29) is 0 Å². The number of carboxylic acids is 1. The van der Waals surface area contributed by atoms with Crippen molar-refractivity contribution in [3.05, 3.63) is 36.0 Å². The Kier molecular flexibility index (Phi) is 4.00. The predicted octanol–water partition coefficient (Wildman–Crippen LogP) is 3.07. The highest BCUT2D eigenvalue weighted by molar-refractivity contribution is 5.93. The Morgan fingerprint density at radius 1 is 1.42 bits per heavy atom. The van der Waals surface area contributed by atoms with E-state index in [2.05, 4.69) is 29.4 Å². The summed E-state index contributed by atoms with van der Waals surface area (Å²) in [6.45, 7) is 3.77. The Balaban J connectivity index is 2.42. The molecule has 0 fully saturated rings. The summed E-state index contributed by atoms with van der Waals surface area (Å²) in [5, 5.41) is 13.0. The largest absolute Gasteiger partial charge is 0.480 e. The minimum Gasteiger partial charge on any atom is -0.480 e. The SMILES string of the molecule is CCCc1ccc2nccc(NC(C)C(=O)O)c2c1. The molecular weight excluding hydrogens is 240 g/mol. The minimum absolute atomic E-state index is 0.625. The van der Waals surface area contributed by atoms with Crippen LogP contribution in [0.15, 0.2) is 30.5 Å². The lowest BCUT2D eigenvalue weighted by atomic mass is 10.1. The van der Waals surface area contributed by atoms with Crippen molar-refractivity contribution in [1.82, 2.24) is 4.98 Å². The second-order valence-electron chi connectivity index (χ2n) is 4.66. The molecule has 0 saturated heterocycles. The average Bonchev–Trinajstić information content (AvgIpc) is 2.39. The Bertz CT molecular complexity index is 596. The van der Waals surface area contributed by atoms with Gasteiger partial charge in [-0.15, -0.1) is 0 Å². The molecule has 0 aliphatic rings. The van der Waals surface area contributed by atoms with E-state index in [1.54, 1.807) is 13.1 Å². The second-order valence-corrected chi connectivity index (χ2v) is 4.66. The standard InChI is InChI=1S/C15H18N2O2/c1-3-4-11-5-6-13-12(9-11)14(7-8-16-13)17-10(2)15(18)19/h5-10H,3-4H2,1-2H3,(H,16,17)(H,18,19). The lowest BCUT2D eigenvalue weighted by Gasteiger charge is -2.13. The number of hydrogen-bond acceptors (Lipinski definition) is 3. The van der Waals surface area contributed by atoms with Crippen molar-refractivity contribution in [3.63, 3.8) is 0 Å². The third-order valence-electron chi connectivity index (χ3n) is 3.09. The lowest BCUT2D eigenvalue weighted by molar-refractivity contribution is -0.137. The van der Waals surface area contributed by atoms with Gasteiger partial charge in [-0.2, -0.15) is 0 Å². The van der Waals surface area contributed by atoms with E-state index in [9.17, 15) is 4.79 Å². The molecule has 1 aromatic carbocycles. The van der Waals surface area contributed by atoms with Gasteiger partial charge in [0, 0.05) is 17.3 Å². The van der Waals surface area contributed by atoms with Crippen LogP contribution < -0.4 is 5.32 Å². The van der Waals surface area contributed by atoms with Crippen molar-refractivity contribution in [2.24, 2.45) is 0 Å². The fourth-order valence-electron chi connectivity index (χ4n) is 2.06. The summed E-state index contributed by atoms with van der Waals surface area (Å²) in [7, 11) is 0. The number of carboxylic acid groups (broad SMARTS) is 1. The molecule has 0 spiro atoms. The van der Waals surface area contributed by atoms with Crippen molar-refractivity contribution in [1.29, 1.82) is 0 Å². The predicted molar refractivity (Wildman–Crippen MR) is 76.5 cm³/mol. The van der Waals surface area contributed by atoms with E-state index in [0.717, 1.165) is 29.4 Å². The normalized spacial score (nSPS) is 12.3. The maximum Gasteiger partial charge on any atom is 0.325 e. The van der Waals surface area contributed by atoms with Gasteiger partial charge in [0.1, 0.15) is 6.04 Å². The number of benzene rings is 1. The summed E-state index contributed by atoms with van der Waals surface area (Å²) in [4.78, 5) is 15.2. The monoisotopic (exact) mass is 258 g/mol. The summed E-state index contributed by atoms with van der Waals surface area (Å²) in [6, 6.07) is 7.33. The molecule has 1 unspecified atom stereocenters. The van der Waals surface area contributed by atoms with Gasteiger partial charge in [-0.3, -0.25) is 9.78 Å². The molecule has 1 heterocycles. The van der Waals surface area contributed by atoms with Gasteiger partial charge in [0.15, 0.2) is 0 Å². The van der Waals surface area contributed by atoms with E-state index in [0.29, 0.717) is 0 Å². The first kappa shape index (κ1) is 13.3. The van der Waals surface area contributed by atoms with Gasteiger partial charge < -0.3 is 10.4 Å². The molecule has 1 aromatic heterocycles. The fourth-order valence-corrected chi connectivity index (χ4v) is 2.06. The van der Waals surface area contributed by atoms with Crippen molar-refractivity contribution < 1.29 is 9.90 Å². The van der Waals surface area contributed by atoms with Crippen LogP contribution in [0, 0.1) is 0 Å². The van der Waals surface area contributed by atoms with Gasteiger partial charge in [-0.1, -0.05) is 19.4 Å². The minimum atomic E-state index is -0.866. The maximum atomic E-state index is 10.9. The maximum absolute atomic E-state index is 10.9. The number of nitrogens with one attached hydrogen (secondary N) is 1. The highest BCUT2D eigenvalue weighted by Crippen LogP contribution is 2.24. The first-order valence-corrected chi connectivity index (χ1v) is 6.48. The summed E-state index contributed by atoms with van der Waals surface area (Å²) >= 11 is 0. The first-order valence-electron chi connectivity index (χ1n) is 6.48. The van der Waals surface area contributed by atoms with Gasteiger partial charge in [-0.05, 0) is 37.1 Å². The molecule has 2 N–H and O–H groups in total. The molecule has 0 aliphatic heterocycles. The Morgan fingerprint density at radius 2 is 2.21 bits per heavy atom. The highest BCUT2D eigenvalue weighted by Gasteiger charge is 2.12. The molecule has 0 bridgehead atoms. The van der Waals surface area contributed by atoms with Crippen LogP contribution in [0.5, 0.6) is 0 Å². The number of aromatic nitrogens is 1. The van der Waals surface area contributed by atoms with Gasteiger partial charge in [0.05, 0.1) is 5.52 Å². The number of hydrogen-bond donors (Lipinski definition) is 2. The van der Waals surface area contributed by atoms with E-state index in [1.807, 2.05) is 12.1 Å². The molecule has 100 valence electrons. The van der Waals surface area contributed by atoms with E-state index < -0.39 is 12.0 Å². The molecule has 19 heavy (non-hydrogen) atoms. The average molecular weight is 258 g/mol. The molecule has 0 amide bonds. The number of aliphatic carboxylic acids is 1. The van der Waals surface area contributed by atoms with Gasteiger partial charge in [0.2, 0.25) is 0 Å². The number of fused-ring (bicyclic) bond motifs is 1. The molecular formula is C15H18N2O2. The Morgan fingerprint density at radius 3 is 2.89 bits per heavy atom. The molecule has 4 heteroatoms. The van der Waals surface area contributed by atoms with Crippen LogP contribution in [0.1, 0.15) is 25.8 Å². The molecule has 0 radical (unpaired) electrons. The zero-order valence-electron chi connectivity index (χ0n) is 11.2. The molecule has 4 nitrogen and oxygen atoms in total. The van der Waals surface area contributed by atoms with E-state index >= 15 is 0 Å². The molecule has 2 rings (SSSR count). The third kappa shape index (κ3) is 3.02. The molecule has 0 saturated carbocycles. The molecule has 0 aliphatic carbocycles.